The zero-order valence-corrected chi connectivity index (χ0v) is 13.2. The summed E-state index contributed by atoms with van der Waals surface area (Å²) < 4.78 is 5.19. The molecule has 0 fully saturated rings. The molecule has 0 saturated carbocycles. The molecule has 0 radical (unpaired) electrons. The standard InChI is InChI=1S/C18H20N2O3/c1-3-11-20-17(13-8-6-10-15(23-2)16(13)21)19-14-9-5-4-7-12(14)18(20)22/h4-10,17,19,21H,3,11H2,1-2H3/t17-/m1/s1. The molecule has 3 rings (SSSR count). The zero-order valence-electron chi connectivity index (χ0n) is 13.2. The fourth-order valence-electron chi connectivity index (χ4n) is 2.93. The molecule has 5 nitrogen and oxygen atoms in total. The van der Waals surface area contributed by atoms with E-state index in [0.29, 0.717) is 23.4 Å². The van der Waals surface area contributed by atoms with Crippen LogP contribution in [0.5, 0.6) is 11.5 Å². The number of hydrogen-bond donors (Lipinski definition) is 2. The van der Waals surface area contributed by atoms with Crippen LogP contribution in [0.2, 0.25) is 0 Å². The first-order valence-electron chi connectivity index (χ1n) is 7.69. The highest BCUT2D eigenvalue weighted by Crippen LogP contribution is 2.39. The largest absolute Gasteiger partial charge is 0.504 e. The Morgan fingerprint density at radius 1 is 1.22 bits per heavy atom. The van der Waals surface area contributed by atoms with Crippen molar-refractivity contribution in [3.63, 3.8) is 0 Å². The van der Waals surface area contributed by atoms with Crippen LogP contribution >= 0.6 is 0 Å². The van der Waals surface area contributed by atoms with Crippen LogP contribution in [0.4, 0.5) is 5.69 Å². The molecule has 0 bridgehead atoms. The number of hydrogen-bond acceptors (Lipinski definition) is 4. The summed E-state index contributed by atoms with van der Waals surface area (Å²) in [5.41, 5.74) is 2.05. The van der Waals surface area contributed by atoms with E-state index >= 15 is 0 Å². The van der Waals surface area contributed by atoms with Crippen LogP contribution in [0.25, 0.3) is 0 Å². The van der Waals surface area contributed by atoms with Gasteiger partial charge in [0, 0.05) is 17.8 Å². The first-order valence-corrected chi connectivity index (χ1v) is 7.69. The third-order valence-electron chi connectivity index (χ3n) is 4.03. The van der Waals surface area contributed by atoms with Gasteiger partial charge >= 0.3 is 0 Å². The Morgan fingerprint density at radius 3 is 2.74 bits per heavy atom. The molecule has 0 aromatic heterocycles. The van der Waals surface area contributed by atoms with Gasteiger partial charge in [-0.3, -0.25) is 4.79 Å². The molecule has 5 heteroatoms. The number of phenolic OH excluding ortho intramolecular Hbond substituents is 1. The van der Waals surface area contributed by atoms with E-state index in [4.69, 9.17) is 4.74 Å². The van der Waals surface area contributed by atoms with Crippen molar-refractivity contribution >= 4 is 11.6 Å². The van der Waals surface area contributed by atoms with E-state index < -0.39 is 6.17 Å². The number of fused-ring (bicyclic) bond motifs is 1. The number of amides is 1. The van der Waals surface area contributed by atoms with Gasteiger partial charge in [0.05, 0.1) is 12.7 Å². The van der Waals surface area contributed by atoms with Crippen molar-refractivity contribution in [2.75, 3.05) is 19.0 Å². The number of rotatable bonds is 4. The van der Waals surface area contributed by atoms with Crippen molar-refractivity contribution in [3.05, 3.63) is 53.6 Å². The third kappa shape index (κ3) is 2.59. The Morgan fingerprint density at radius 2 is 2.00 bits per heavy atom. The minimum absolute atomic E-state index is 0.0339. The van der Waals surface area contributed by atoms with E-state index in [0.717, 1.165) is 12.1 Å². The van der Waals surface area contributed by atoms with E-state index in [9.17, 15) is 9.90 Å². The van der Waals surface area contributed by atoms with Crippen LogP contribution in [0.15, 0.2) is 42.5 Å². The highest BCUT2D eigenvalue weighted by molar-refractivity contribution is 6.01. The second kappa shape index (κ2) is 6.20. The van der Waals surface area contributed by atoms with Gasteiger partial charge in [-0.2, -0.15) is 0 Å². The van der Waals surface area contributed by atoms with Gasteiger partial charge in [-0.05, 0) is 24.6 Å². The molecule has 0 spiro atoms. The van der Waals surface area contributed by atoms with Crippen LogP contribution < -0.4 is 10.1 Å². The molecule has 2 N–H and O–H groups in total. The van der Waals surface area contributed by atoms with E-state index in [2.05, 4.69) is 5.32 Å². The Bertz CT molecular complexity index is 730. The lowest BCUT2D eigenvalue weighted by Crippen LogP contribution is -2.43. The number of methoxy groups -OCH3 is 1. The van der Waals surface area contributed by atoms with Crippen LogP contribution in [0.1, 0.15) is 35.4 Å². The van der Waals surface area contributed by atoms with Crippen LogP contribution in [0, 0.1) is 0 Å². The summed E-state index contributed by atoms with van der Waals surface area (Å²) in [6.45, 7) is 2.62. The molecule has 0 saturated heterocycles. The summed E-state index contributed by atoms with van der Waals surface area (Å²) in [4.78, 5) is 14.6. The Labute approximate surface area is 135 Å². The summed E-state index contributed by atoms with van der Waals surface area (Å²) in [5.74, 6) is 0.418. The number of carbonyl (C=O) groups excluding carboxylic acids is 1. The number of para-hydroxylation sites is 2. The van der Waals surface area contributed by atoms with E-state index in [1.807, 2.05) is 37.3 Å². The second-order valence-electron chi connectivity index (χ2n) is 5.49. The van der Waals surface area contributed by atoms with Gasteiger partial charge in [0.25, 0.3) is 5.91 Å². The number of anilines is 1. The Balaban J connectivity index is 2.09. The first-order chi connectivity index (χ1) is 11.2. The molecule has 0 unspecified atom stereocenters. The lowest BCUT2D eigenvalue weighted by molar-refractivity contribution is 0.0681. The van der Waals surface area contributed by atoms with Crippen molar-refractivity contribution in [1.82, 2.24) is 4.90 Å². The Hall–Kier alpha value is -2.69. The van der Waals surface area contributed by atoms with E-state index in [1.165, 1.54) is 7.11 Å². The molecule has 23 heavy (non-hydrogen) atoms. The van der Waals surface area contributed by atoms with Gasteiger partial charge in [0.1, 0.15) is 6.17 Å². The molecule has 0 aliphatic carbocycles. The van der Waals surface area contributed by atoms with Crippen molar-refractivity contribution in [1.29, 1.82) is 0 Å². The predicted octanol–water partition coefficient (Wildman–Crippen LogP) is 3.38. The topological polar surface area (TPSA) is 61.8 Å². The number of ether oxygens (including phenoxy) is 1. The number of benzene rings is 2. The van der Waals surface area contributed by atoms with Crippen molar-refractivity contribution in [3.8, 4) is 11.5 Å². The van der Waals surface area contributed by atoms with Crippen molar-refractivity contribution in [2.45, 2.75) is 19.5 Å². The molecule has 120 valence electrons. The molecule has 1 amide bonds. The fraction of sp³-hybridized carbons (Fsp3) is 0.278. The second-order valence-corrected chi connectivity index (χ2v) is 5.49. The minimum Gasteiger partial charge on any atom is -0.504 e. The van der Waals surface area contributed by atoms with Gasteiger partial charge in [-0.25, -0.2) is 0 Å². The third-order valence-corrected chi connectivity index (χ3v) is 4.03. The monoisotopic (exact) mass is 312 g/mol. The summed E-state index contributed by atoms with van der Waals surface area (Å²) in [7, 11) is 1.51. The molecule has 2 aromatic carbocycles. The average Bonchev–Trinajstić information content (AvgIpc) is 2.58. The lowest BCUT2D eigenvalue weighted by atomic mass is 10.0. The number of aromatic hydroxyl groups is 1. The molecule has 2 aromatic rings. The van der Waals surface area contributed by atoms with Gasteiger partial charge in [0.2, 0.25) is 0 Å². The summed E-state index contributed by atoms with van der Waals surface area (Å²) in [6, 6.07) is 12.7. The summed E-state index contributed by atoms with van der Waals surface area (Å²) >= 11 is 0. The molecule has 1 atom stereocenters. The van der Waals surface area contributed by atoms with Crippen LogP contribution in [0.3, 0.4) is 0 Å². The number of phenols is 1. The van der Waals surface area contributed by atoms with Gasteiger partial charge in [-0.1, -0.05) is 31.2 Å². The van der Waals surface area contributed by atoms with E-state index in [1.54, 1.807) is 17.0 Å². The molecular formula is C18H20N2O3. The highest BCUT2D eigenvalue weighted by atomic mass is 16.5. The number of carbonyl (C=O) groups is 1. The quantitative estimate of drug-likeness (QED) is 0.908. The lowest BCUT2D eigenvalue weighted by Gasteiger charge is -2.38. The fourth-order valence-corrected chi connectivity index (χ4v) is 2.93. The zero-order chi connectivity index (χ0) is 16.4. The van der Waals surface area contributed by atoms with Gasteiger partial charge in [0.15, 0.2) is 11.5 Å². The maximum atomic E-state index is 12.8. The summed E-state index contributed by atoms with van der Waals surface area (Å²) in [5, 5.41) is 13.8. The van der Waals surface area contributed by atoms with Gasteiger partial charge in [-0.15, -0.1) is 0 Å². The predicted molar refractivity (Wildman–Crippen MR) is 88.8 cm³/mol. The molecule has 1 aliphatic heterocycles. The molecular weight excluding hydrogens is 292 g/mol. The van der Waals surface area contributed by atoms with Crippen LogP contribution in [-0.2, 0) is 0 Å². The minimum atomic E-state index is -0.424. The molecule has 1 aliphatic rings. The first kappa shape index (κ1) is 15.2. The highest BCUT2D eigenvalue weighted by Gasteiger charge is 2.34. The molecule has 1 heterocycles. The van der Waals surface area contributed by atoms with Crippen molar-refractivity contribution in [2.24, 2.45) is 0 Å². The number of nitrogens with zero attached hydrogens (tertiary/aromatic N) is 1. The Kier molecular flexibility index (Phi) is 4.10. The maximum absolute atomic E-state index is 12.8. The smallest absolute Gasteiger partial charge is 0.257 e. The number of nitrogens with one attached hydrogen (secondary N) is 1. The average molecular weight is 312 g/mol. The normalized spacial score (nSPS) is 16.7. The van der Waals surface area contributed by atoms with E-state index in [-0.39, 0.29) is 11.7 Å². The summed E-state index contributed by atoms with van der Waals surface area (Å²) in [6.07, 6.45) is 0.407. The van der Waals surface area contributed by atoms with Crippen molar-refractivity contribution < 1.29 is 14.6 Å². The van der Waals surface area contributed by atoms with Gasteiger partial charge < -0.3 is 20.1 Å². The maximum Gasteiger partial charge on any atom is 0.257 e. The van der Waals surface area contributed by atoms with Crippen LogP contribution in [-0.4, -0.2) is 29.6 Å². The SMILES string of the molecule is CCCN1C(=O)c2ccccc2N[C@H]1c1cccc(OC)c1O.